The Balaban J connectivity index is 1.51. The summed E-state index contributed by atoms with van der Waals surface area (Å²) < 4.78 is 2.09. The first-order chi connectivity index (χ1) is 12.1. The highest BCUT2D eigenvalue weighted by Gasteiger charge is 2.34. The summed E-state index contributed by atoms with van der Waals surface area (Å²) in [6.45, 7) is 5.24. The lowest BCUT2D eigenvalue weighted by atomic mass is 10.1. The lowest BCUT2D eigenvalue weighted by Gasteiger charge is -2.35. The maximum Gasteiger partial charge on any atom is 0.225 e. The van der Waals surface area contributed by atoms with Gasteiger partial charge >= 0.3 is 0 Å². The summed E-state index contributed by atoms with van der Waals surface area (Å²) in [4.78, 5) is 25.5. The van der Waals surface area contributed by atoms with Crippen molar-refractivity contribution in [2.75, 3.05) is 24.5 Å². The first kappa shape index (κ1) is 16.7. The van der Waals surface area contributed by atoms with Gasteiger partial charge in [-0.3, -0.25) is 14.6 Å². The van der Waals surface area contributed by atoms with Crippen LogP contribution in [0, 0.1) is 0 Å². The van der Waals surface area contributed by atoms with E-state index in [9.17, 15) is 4.79 Å². The SMILES string of the molecule is CC(=O)N(c1nc(CN2CCNCC2c2nccn2C)cs1)C1CC1. The molecule has 1 saturated heterocycles. The highest BCUT2D eigenvalue weighted by Crippen LogP contribution is 2.34. The van der Waals surface area contributed by atoms with Gasteiger partial charge in [0.05, 0.1) is 11.7 Å². The molecular weight excluding hydrogens is 336 g/mol. The summed E-state index contributed by atoms with van der Waals surface area (Å²) in [5, 5.41) is 6.39. The number of carbonyl (C=O) groups is 1. The van der Waals surface area contributed by atoms with Gasteiger partial charge in [0.15, 0.2) is 5.13 Å². The number of hydrogen-bond acceptors (Lipinski definition) is 6. The molecule has 0 radical (unpaired) electrons. The van der Waals surface area contributed by atoms with E-state index in [0.717, 1.165) is 55.7 Å². The fourth-order valence-corrected chi connectivity index (χ4v) is 4.39. The summed E-state index contributed by atoms with van der Waals surface area (Å²) in [5.74, 6) is 1.17. The smallest absolute Gasteiger partial charge is 0.225 e. The number of rotatable bonds is 5. The minimum atomic E-state index is 0.0939. The lowest BCUT2D eigenvalue weighted by Crippen LogP contribution is -2.46. The van der Waals surface area contributed by atoms with Crippen LogP contribution < -0.4 is 10.2 Å². The molecule has 3 heterocycles. The molecule has 25 heavy (non-hydrogen) atoms. The van der Waals surface area contributed by atoms with Gasteiger partial charge in [0.2, 0.25) is 5.91 Å². The van der Waals surface area contributed by atoms with Gasteiger partial charge in [0, 0.05) is 64.0 Å². The molecule has 2 fully saturated rings. The van der Waals surface area contributed by atoms with Gasteiger partial charge in [0.25, 0.3) is 0 Å². The van der Waals surface area contributed by atoms with E-state index in [1.165, 1.54) is 0 Å². The third kappa shape index (κ3) is 3.47. The molecular formula is C17H24N6OS. The number of nitrogens with zero attached hydrogens (tertiary/aromatic N) is 5. The number of aromatic nitrogens is 3. The number of thiazole rings is 1. The molecule has 1 aliphatic heterocycles. The molecule has 134 valence electrons. The van der Waals surface area contributed by atoms with Crippen molar-refractivity contribution in [2.24, 2.45) is 7.05 Å². The molecule has 1 saturated carbocycles. The van der Waals surface area contributed by atoms with Crippen LogP contribution in [0.4, 0.5) is 5.13 Å². The molecule has 2 aromatic rings. The quantitative estimate of drug-likeness (QED) is 0.876. The van der Waals surface area contributed by atoms with Crippen LogP contribution >= 0.6 is 11.3 Å². The first-order valence-electron chi connectivity index (χ1n) is 8.79. The van der Waals surface area contributed by atoms with E-state index in [0.29, 0.717) is 6.04 Å². The molecule has 1 aliphatic carbocycles. The number of nitrogens with one attached hydrogen (secondary N) is 1. The zero-order valence-corrected chi connectivity index (χ0v) is 15.5. The molecule has 8 heteroatoms. The molecule has 1 unspecified atom stereocenters. The summed E-state index contributed by atoms with van der Waals surface area (Å²) in [7, 11) is 2.04. The Bertz CT molecular complexity index is 752. The highest BCUT2D eigenvalue weighted by molar-refractivity contribution is 7.14. The summed E-state index contributed by atoms with van der Waals surface area (Å²) >= 11 is 1.58. The van der Waals surface area contributed by atoms with Crippen LogP contribution in [0.5, 0.6) is 0 Å². The third-order valence-corrected chi connectivity index (χ3v) is 5.76. The fourth-order valence-electron chi connectivity index (χ4n) is 3.46. The van der Waals surface area contributed by atoms with Crippen LogP contribution in [-0.2, 0) is 18.4 Å². The van der Waals surface area contributed by atoms with Crippen molar-refractivity contribution < 1.29 is 4.79 Å². The van der Waals surface area contributed by atoms with Crippen LogP contribution in [0.3, 0.4) is 0 Å². The molecule has 0 spiro atoms. The Kier molecular flexibility index (Phi) is 4.58. The van der Waals surface area contributed by atoms with E-state index in [1.54, 1.807) is 18.3 Å². The van der Waals surface area contributed by atoms with Crippen LogP contribution in [-0.4, -0.2) is 51.0 Å². The van der Waals surface area contributed by atoms with Crippen LogP contribution in [0.1, 0.15) is 37.3 Å². The average molecular weight is 360 g/mol. The van der Waals surface area contributed by atoms with Crippen molar-refractivity contribution in [1.29, 1.82) is 0 Å². The number of piperazine rings is 1. The van der Waals surface area contributed by atoms with Gasteiger partial charge in [-0.05, 0) is 12.8 Å². The Morgan fingerprint density at radius 3 is 3.00 bits per heavy atom. The highest BCUT2D eigenvalue weighted by atomic mass is 32.1. The molecule has 4 rings (SSSR count). The predicted molar refractivity (Wildman–Crippen MR) is 97.5 cm³/mol. The normalized spacial score (nSPS) is 21.4. The van der Waals surface area contributed by atoms with Gasteiger partial charge in [-0.15, -0.1) is 11.3 Å². The van der Waals surface area contributed by atoms with Crippen molar-refractivity contribution in [2.45, 2.75) is 38.4 Å². The second-order valence-electron chi connectivity index (χ2n) is 6.83. The Morgan fingerprint density at radius 2 is 2.32 bits per heavy atom. The average Bonchev–Trinajstić information content (AvgIpc) is 3.15. The van der Waals surface area contributed by atoms with E-state index < -0.39 is 0 Å². The molecule has 0 aromatic carbocycles. The van der Waals surface area contributed by atoms with E-state index in [1.807, 2.05) is 24.3 Å². The van der Waals surface area contributed by atoms with Crippen molar-refractivity contribution >= 4 is 22.4 Å². The molecule has 1 amide bonds. The predicted octanol–water partition coefficient (Wildman–Crippen LogP) is 1.54. The largest absolute Gasteiger partial charge is 0.337 e. The van der Waals surface area contributed by atoms with E-state index >= 15 is 0 Å². The zero-order chi connectivity index (χ0) is 17.4. The standard InChI is InChI=1S/C17H24N6OS/c1-12(24)23(14-3-4-14)17-20-13(11-25-17)10-22-8-5-18-9-15(22)16-19-6-7-21(16)2/h6-7,11,14-15,18H,3-5,8-10H2,1-2H3. The third-order valence-electron chi connectivity index (χ3n) is 4.87. The van der Waals surface area contributed by atoms with E-state index in [4.69, 9.17) is 4.98 Å². The monoisotopic (exact) mass is 360 g/mol. The topological polar surface area (TPSA) is 66.3 Å². The summed E-state index contributed by atoms with van der Waals surface area (Å²) in [6.07, 6.45) is 6.02. The summed E-state index contributed by atoms with van der Waals surface area (Å²) in [5.41, 5.74) is 1.04. The molecule has 1 N–H and O–H groups in total. The molecule has 2 aliphatic rings. The number of aryl methyl sites for hydroxylation is 1. The van der Waals surface area contributed by atoms with Gasteiger partial charge in [-0.2, -0.15) is 0 Å². The molecule has 2 aromatic heterocycles. The van der Waals surface area contributed by atoms with Gasteiger partial charge in [0.1, 0.15) is 5.82 Å². The number of hydrogen-bond donors (Lipinski definition) is 1. The van der Waals surface area contributed by atoms with Crippen molar-refractivity contribution in [3.8, 4) is 0 Å². The minimum absolute atomic E-state index is 0.0939. The lowest BCUT2D eigenvalue weighted by molar-refractivity contribution is -0.116. The van der Waals surface area contributed by atoms with Crippen molar-refractivity contribution in [1.82, 2.24) is 24.8 Å². The van der Waals surface area contributed by atoms with Gasteiger partial charge in [-0.1, -0.05) is 0 Å². The van der Waals surface area contributed by atoms with Crippen LogP contribution in [0.15, 0.2) is 17.8 Å². The summed E-state index contributed by atoms with van der Waals surface area (Å²) in [6, 6.07) is 0.599. The molecule has 7 nitrogen and oxygen atoms in total. The van der Waals surface area contributed by atoms with E-state index in [-0.39, 0.29) is 11.9 Å². The number of carbonyl (C=O) groups excluding carboxylic acids is 1. The Labute approximate surface area is 151 Å². The zero-order valence-electron chi connectivity index (χ0n) is 14.7. The fraction of sp³-hybridized carbons (Fsp3) is 0.588. The minimum Gasteiger partial charge on any atom is -0.337 e. The second-order valence-corrected chi connectivity index (χ2v) is 7.66. The molecule has 0 bridgehead atoms. The maximum absolute atomic E-state index is 11.9. The maximum atomic E-state index is 11.9. The molecule has 1 atom stereocenters. The second kappa shape index (κ2) is 6.86. The Hall–Kier alpha value is -1.77. The first-order valence-corrected chi connectivity index (χ1v) is 9.67. The number of amides is 1. The van der Waals surface area contributed by atoms with Gasteiger partial charge < -0.3 is 9.88 Å². The number of imidazole rings is 1. The van der Waals surface area contributed by atoms with Crippen LogP contribution in [0.25, 0.3) is 0 Å². The van der Waals surface area contributed by atoms with E-state index in [2.05, 4.69) is 25.1 Å². The van der Waals surface area contributed by atoms with Gasteiger partial charge in [-0.25, -0.2) is 9.97 Å². The van der Waals surface area contributed by atoms with Crippen molar-refractivity contribution in [3.05, 3.63) is 29.3 Å². The van der Waals surface area contributed by atoms with Crippen LogP contribution in [0.2, 0.25) is 0 Å². The van der Waals surface area contributed by atoms with Crippen molar-refractivity contribution in [3.63, 3.8) is 0 Å². The number of anilines is 1. The Morgan fingerprint density at radius 1 is 1.48 bits per heavy atom.